The highest BCUT2D eigenvalue weighted by Crippen LogP contribution is 2.53. The van der Waals surface area contributed by atoms with E-state index in [1.807, 2.05) is 0 Å². The van der Waals surface area contributed by atoms with Crippen LogP contribution in [0.3, 0.4) is 0 Å². The number of carbonyl (C=O) groups is 2. The largest absolute Gasteiger partial charge is 0.496 e. The molecule has 1 aromatic heterocycles. The molecule has 2 saturated carbocycles. The van der Waals surface area contributed by atoms with Crippen LogP contribution in [0.2, 0.25) is 0 Å². The van der Waals surface area contributed by atoms with Crippen LogP contribution in [0.1, 0.15) is 37.7 Å². The van der Waals surface area contributed by atoms with Crippen molar-refractivity contribution in [3.63, 3.8) is 0 Å². The van der Waals surface area contributed by atoms with E-state index in [2.05, 4.69) is 4.98 Å². The molecule has 0 spiro atoms. The Kier molecular flexibility index (Phi) is 4.36. The Bertz CT molecular complexity index is 678. The number of imide groups is 1. The predicted octanol–water partition coefficient (Wildman–Crippen LogP) is 2.68. The van der Waals surface area contributed by atoms with Gasteiger partial charge in [0.25, 0.3) is 0 Å². The number of methoxy groups -OCH3 is 1. The molecule has 2 heterocycles. The van der Waals surface area contributed by atoms with E-state index >= 15 is 0 Å². The molecule has 3 atom stereocenters. The minimum Gasteiger partial charge on any atom is -0.496 e. The number of nitrogens with zero attached hydrogens (tertiary/aromatic N) is 3. The van der Waals surface area contributed by atoms with Crippen LogP contribution in [0.4, 0.5) is 4.79 Å². The molecule has 3 unspecified atom stereocenters. The van der Waals surface area contributed by atoms with Gasteiger partial charge in [-0.2, -0.15) is 0 Å². The van der Waals surface area contributed by atoms with Crippen LogP contribution in [0.5, 0.6) is 5.75 Å². The maximum atomic E-state index is 12.9. The Morgan fingerprint density at radius 3 is 3.04 bits per heavy atom. The first-order valence-corrected chi connectivity index (χ1v) is 9.23. The van der Waals surface area contributed by atoms with E-state index < -0.39 is 0 Å². The highest BCUT2D eigenvalue weighted by atomic mass is 16.5. The van der Waals surface area contributed by atoms with Gasteiger partial charge in [0, 0.05) is 37.5 Å². The van der Waals surface area contributed by atoms with E-state index in [0.29, 0.717) is 32.0 Å². The molecule has 0 bridgehead atoms. The van der Waals surface area contributed by atoms with Crippen molar-refractivity contribution in [1.29, 1.82) is 0 Å². The quantitative estimate of drug-likeness (QED) is 0.825. The zero-order valence-electron chi connectivity index (χ0n) is 14.7. The molecule has 3 amide bonds. The predicted molar refractivity (Wildman–Crippen MR) is 91.9 cm³/mol. The van der Waals surface area contributed by atoms with Gasteiger partial charge in [0.05, 0.1) is 13.7 Å². The lowest BCUT2D eigenvalue weighted by molar-refractivity contribution is -0.131. The van der Waals surface area contributed by atoms with E-state index in [-0.39, 0.29) is 11.9 Å². The molecule has 2 aliphatic carbocycles. The van der Waals surface area contributed by atoms with Gasteiger partial charge in [-0.25, -0.2) is 4.79 Å². The maximum Gasteiger partial charge on any atom is 0.327 e. The second-order valence-electron chi connectivity index (χ2n) is 7.50. The first-order valence-electron chi connectivity index (χ1n) is 9.23. The minimum absolute atomic E-state index is 0.0258. The molecule has 3 fully saturated rings. The number of carbonyl (C=O) groups excluding carboxylic acids is 2. The first-order chi connectivity index (χ1) is 12.2. The maximum absolute atomic E-state index is 12.9. The summed E-state index contributed by atoms with van der Waals surface area (Å²) in [5.74, 6) is 2.79. The first kappa shape index (κ1) is 16.4. The summed E-state index contributed by atoms with van der Waals surface area (Å²) >= 11 is 0. The number of amides is 3. The molecule has 0 radical (unpaired) electrons. The number of hydrogen-bond donors (Lipinski definition) is 0. The van der Waals surface area contributed by atoms with E-state index in [1.165, 1.54) is 24.2 Å². The molecule has 6 heteroatoms. The number of rotatable bonds is 5. The Hall–Kier alpha value is -2.11. The van der Waals surface area contributed by atoms with E-state index in [9.17, 15) is 9.59 Å². The van der Waals surface area contributed by atoms with Crippen LogP contribution in [-0.4, -0.2) is 46.9 Å². The Labute approximate surface area is 148 Å². The third-order valence-electron chi connectivity index (χ3n) is 5.99. The van der Waals surface area contributed by atoms with E-state index in [1.54, 1.807) is 30.5 Å². The molecule has 4 rings (SSSR count). The smallest absolute Gasteiger partial charge is 0.327 e. The van der Waals surface area contributed by atoms with Gasteiger partial charge >= 0.3 is 6.03 Å². The van der Waals surface area contributed by atoms with Crippen molar-refractivity contribution in [2.45, 2.75) is 38.6 Å². The Morgan fingerprint density at radius 2 is 2.20 bits per heavy atom. The summed E-state index contributed by atoms with van der Waals surface area (Å²) in [6.07, 6.45) is 8.80. The monoisotopic (exact) mass is 343 g/mol. The molecule has 0 N–H and O–H groups in total. The van der Waals surface area contributed by atoms with E-state index in [4.69, 9.17) is 4.74 Å². The molecule has 3 aliphatic rings. The second-order valence-corrected chi connectivity index (χ2v) is 7.50. The van der Waals surface area contributed by atoms with Crippen LogP contribution in [-0.2, 0) is 11.3 Å². The topological polar surface area (TPSA) is 62.7 Å². The summed E-state index contributed by atoms with van der Waals surface area (Å²) in [4.78, 5) is 32.6. The molecule has 6 nitrogen and oxygen atoms in total. The summed E-state index contributed by atoms with van der Waals surface area (Å²) in [7, 11) is 1.61. The molecular formula is C19H25N3O3. The van der Waals surface area contributed by atoms with Crippen molar-refractivity contribution >= 4 is 11.9 Å². The number of aromatic nitrogens is 1. The SMILES string of the molecule is COc1ccncc1CN1CCC(=O)N(CC2CCCC3CC32)C1=O. The van der Waals surface area contributed by atoms with Crippen molar-refractivity contribution in [3.8, 4) is 5.75 Å². The molecule has 134 valence electrons. The van der Waals surface area contributed by atoms with Gasteiger partial charge in [-0.1, -0.05) is 12.8 Å². The average molecular weight is 343 g/mol. The molecule has 1 saturated heterocycles. The number of ether oxygens (including phenoxy) is 1. The molecule has 1 aromatic rings. The molecule has 25 heavy (non-hydrogen) atoms. The standard InChI is InChI=1S/C19H25N3O3/c1-25-17-5-7-20-10-15(17)11-21-8-6-18(23)22(19(21)24)12-14-4-2-3-13-9-16(13)14/h5,7,10,13-14,16H,2-4,6,8-9,11-12H2,1H3. The second kappa shape index (κ2) is 6.65. The molecular weight excluding hydrogens is 318 g/mol. The van der Waals surface area contributed by atoms with Crippen LogP contribution in [0.15, 0.2) is 18.5 Å². The van der Waals surface area contributed by atoms with Crippen LogP contribution >= 0.6 is 0 Å². The Balaban J connectivity index is 1.45. The van der Waals surface area contributed by atoms with Gasteiger partial charge in [0.1, 0.15) is 5.75 Å². The summed E-state index contributed by atoms with van der Waals surface area (Å²) < 4.78 is 5.35. The average Bonchev–Trinajstić information content (AvgIpc) is 3.42. The van der Waals surface area contributed by atoms with Crippen molar-refractivity contribution < 1.29 is 14.3 Å². The highest BCUT2D eigenvalue weighted by Gasteiger charge is 2.47. The fourth-order valence-electron chi connectivity index (χ4n) is 4.50. The van der Waals surface area contributed by atoms with Gasteiger partial charge in [-0.15, -0.1) is 0 Å². The normalized spacial score (nSPS) is 28.8. The lowest BCUT2D eigenvalue weighted by Gasteiger charge is -2.36. The third kappa shape index (κ3) is 3.22. The fourth-order valence-corrected chi connectivity index (χ4v) is 4.50. The van der Waals surface area contributed by atoms with Gasteiger partial charge in [-0.3, -0.25) is 14.7 Å². The van der Waals surface area contributed by atoms with Crippen molar-refractivity contribution in [2.24, 2.45) is 17.8 Å². The summed E-state index contributed by atoms with van der Waals surface area (Å²) in [6, 6.07) is 1.63. The fraction of sp³-hybridized carbons (Fsp3) is 0.632. The van der Waals surface area contributed by atoms with Crippen LogP contribution in [0, 0.1) is 17.8 Å². The number of fused-ring (bicyclic) bond motifs is 1. The highest BCUT2D eigenvalue weighted by molar-refractivity contribution is 5.96. The Morgan fingerprint density at radius 1 is 1.32 bits per heavy atom. The number of pyridine rings is 1. The van der Waals surface area contributed by atoms with E-state index in [0.717, 1.165) is 29.6 Å². The van der Waals surface area contributed by atoms with Gasteiger partial charge < -0.3 is 9.64 Å². The zero-order chi connectivity index (χ0) is 17.4. The van der Waals surface area contributed by atoms with Crippen molar-refractivity contribution in [3.05, 3.63) is 24.0 Å². The summed E-state index contributed by atoms with van der Waals surface area (Å²) in [6.45, 7) is 1.48. The van der Waals surface area contributed by atoms with Gasteiger partial charge in [0.2, 0.25) is 5.91 Å². The summed E-state index contributed by atoms with van der Waals surface area (Å²) in [5.41, 5.74) is 0.868. The minimum atomic E-state index is -0.162. The third-order valence-corrected chi connectivity index (χ3v) is 5.99. The lowest BCUT2D eigenvalue weighted by atomic mass is 9.88. The number of urea groups is 1. The van der Waals surface area contributed by atoms with Crippen molar-refractivity contribution in [2.75, 3.05) is 20.2 Å². The van der Waals surface area contributed by atoms with Crippen molar-refractivity contribution in [1.82, 2.24) is 14.8 Å². The molecule has 0 aromatic carbocycles. The van der Waals surface area contributed by atoms with Gasteiger partial charge in [-0.05, 0) is 36.7 Å². The summed E-state index contributed by atoms with van der Waals surface area (Å²) in [5, 5.41) is 0. The van der Waals surface area contributed by atoms with Crippen LogP contribution in [0.25, 0.3) is 0 Å². The number of hydrogen-bond acceptors (Lipinski definition) is 4. The van der Waals surface area contributed by atoms with Crippen LogP contribution < -0.4 is 4.74 Å². The lowest BCUT2D eigenvalue weighted by Crippen LogP contribution is -2.53. The molecule has 1 aliphatic heterocycles. The van der Waals surface area contributed by atoms with Gasteiger partial charge in [0.15, 0.2) is 0 Å². The zero-order valence-corrected chi connectivity index (χ0v) is 14.7.